The lowest BCUT2D eigenvalue weighted by atomic mass is 10.2. The van der Waals surface area contributed by atoms with Gasteiger partial charge in [0, 0.05) is 19.0 Å². The zero-order valence-electron chi connectivity index (χ0n) is 15.2. The third kappa shape index (κ3) is 4.37. The van der Waals surface area contributed by atoms with E-state index in [0.29, 0.717) is 42.8 Å². The molecule has 4 rings (SSSR count). The van der Waals surface area contributed by atoms with Gasteiger partial charge in [0.2, 0.25) is 0 Å². The Morgan fingerprint density at radius 2 is 1.90 bits per heavy atom. The molecular weight excluding hydrogens is 391 g/mol. The number of nitrogens with zero attached hydrogens (tertiary/aromatic N) is 2. The number of H-pyrrole nitrogens is 1. The summed E-state index contributed by atoms with van der Waals surface area (Å²) >= 11 is 0. The molecule has 7 nitrogen and oxygen atoms in total. The van der Waals surface area contributed by atoms with Gasteiger partial charge in [0.15, 0.2) is 6.61 Å². The molecule has 1 fully saturated rings. The van der Waals surface area contributed by atoms with Gasteiger partial charge in [-0.3, -0.25) is 4.79 Å². The fourth-order valence-corrected chi connectivity index (χ4v) is 3.08. The van der Waals surface area contributed by atoms with Crippen LogP contribution in [0, 0.1) is 0 Å². The molecule has 0 atom stereocenters. The van der Waals surface area contributed by atoms with E-state index in [4.69, 9.17) is 14.2 Å². The Morgan fingerprint density at radius 3 is 2.59 bits per heavy atom. The maximum absolute atomic E-state index is 13.0. The van der Waals surface area contributed by atoms with Crippen molar-refractivity contribution in [1.82, 2.24) is 14.5 Å². The standard InChI is InChI=1S/C19H18F3N3O4/c20-19(21,22)11-28-13-3-1-12(2-4-13)25-17(26)15-5-8-23-16(15)24-18(25)29-14-6-9-27-10-7-14/h1-5,8,14,23H,6-7,9-11H2. The number of rotatable bonds is 5. The molecule has 1 aliphatic heterocycles. The van der Waals surface area contributed by atoms with E-state index in [2.05, 4.69) is 9.97 Å². The van der Waals surface area contributed by atoms with Crippen LogP contribution >= 0.6 is 0 Å². The molecule has 0 bridgehead atoms. The molecule has 1 N–H and O–H groups in total. The van der Waals surface area contributed by atoms with Crippen LogP contribution in [0.25, 0.3) is 16.7 Å². The van der Waals surface area contributed by atoms with Gasteiger partial charge >= 0.3 is 12.2 Å². The predicted octanol–water partition coefficient (Wildman–Crippen LogP) is 3.21. The quantitative estimate of drug-likeness (QED) is 0.700. The Kier molecular flexibility index (Phi) is 5.18. The van der Waals surface area contributed by atoms with Crippen molar-refractivity contribution in [2.24, 2.45) is 0 Å². The molecule has 1 aromatic carbocycles. The molecule has 29 heavy (non-hydrogen) atoms. The van der Waals surface area contributed by atoms with Crippen LogP contribution in [0.5, 0.6) is 11.8 Å². The molecule has 1 saturated heterocycles. The van der Waals surface area contributed by atoms with Crippen molar-refractivity contribution in [3.05, 3.63) is 46.9 Å². The van der Waals surface area contributed by atoms with Gasteiger partial charge in [0.1, 0.15) is 17.5 Å². The third-order valence-electron chi connectivity index (χ3n) is 4.50. The second-order valence-electron chi connectivity index (χ2n) is 6.60. The predicted molar refractivity (Wildman–Crippen MR) is 97.7 cm³/mol. The largest absolute Gasteiger partial charge is 0.484 e. The van der Waals surface area contributed by atoms with E-state index < -0.39 is 12.8 Å². The summed E-state index contributed by atoms with van der Waals surface area (Å²) in [4.78, 5) is 20.3. The average Bonchev–Trinajstić information content (AvgIpc) is 3.16. The zero-order valence-corrected chi connectivity index (χ0v) is 15.2. The molecule has 0 amide bonds. The van der Waals surface area contributed by atoms with Gasteiger partial charge < -0.3 is 19.2 Å². The molecule has 154 valence electrons. The maximum Gasteiger partial charge on any atom is 0.422 e. The van der Waals surface area contributed by atoms with Crippen molar-refractivity contribution >= 4 is 11.0 Å². The third-order valence-corrected chi connectivity index (χ3v) is 4.50. The summed E-state index contributed by atoms with van der Waals surface area (Å²) < 4.78 is 54.3. The molecule has 2 aromatic heterocycles. The Labute approximate surface area is 163 Å². The van der Waals surface area contributed by atoms with Crippen LogP contribution in [0.1, 0.15) is 12.8 Å². The van der Waals surface area contributed by atoms with Crippen LogP contribution in [0.3, 0.4) is 0 Å². The molecule has 0 spiro atoms. The molecule has 10 heteroatoms. The van der Waals surface area contributed by atoms with Gasteiger partial charge in [-0.25, -0.2) is 4.57 Å². The van der Waals surface area contributed by atoms with Crippen LogP contribution in [0.4, 0.5) is 13.2 Å². The first-order valence-corrected chi connectivity index (χ1v) is 9.05. The fourth-order valence-electron chi connectivity index (χ4n) is 3.08. The number of halogens is 3. The van der Waals surface area contributed by atoms with Gasteiger partial charge in [0.25, 0.3) is 5.56 Å². The summed E-state index contributed by atoms with van der Waals surface area (Å²) in [7, 11) is 0. The lowest BCUT2D eigenvalue weighted by Gasteiger charge is -2.24. The topological polar surface area (TPSA) is 78.4 Å². The van der Waals surface area contributed by atoms with Crippen molar-refractivity contribution < 1.29 is 27.4 Å². The summed E-state index contributed by atoms with van der Waals surface area (Å²) in [5, 5.41) is 0.377. The van der Waals surface area contributed by atoms with Crippen molar-refractivity contribution in [1.29, 1.82) is 0 Å². The lowest BCUT2D eigenvalue weighted by molar-refractivity contribution is -0.153. The van der Waals surface area contributed by atoms with E-state index in [1.54, 1.807) is 12.3 Å². The minimum atomic E-state index is -4.43. The highest BCUT2D eigenvalue weighted by Gasteiger charge is 2.28. The number of nitrogens with one attached hydrogen (secondary N) is 1. The van der Waals surface area contributed by atoms with E-state index in [0.717, 1.165) is 0 Å². The fraction of sp³-hybridized carbons (Fsp3) is 0.368. The number of aromatic amines is 1. The summed E-state index contributed by atoms with van der Waals surface area (Å²) in [6, 6.07) is 7.44. The Balaban J connectivity index is 1.68. The SMILES string of the molecule is O=c1c2cc[nH]c2nc(OC2CCOCC2)n1-c1ccc(OCC(F)(F)F)cc1. The van der Waals surface area contributed by atoms with Crippen LogP contribution in [0.15, 0.2) is 41.3 Å². The van der Waals surface area contributed by atoms with E-state index in [-0.39, 0.29) is 23.4 Å². The van der Waals surface area contributed by atoms with Gasteiger partial charge in [-0.2, -0.15) is 18.2 Å². The normalized spacial score (nSPS) is 15.6. The summed E-state index contributed by atoms with van der Waals surface area (Å²) in [5.41, 5.74) is 0.465. The number of ether oxygens (including phenoxy) is 3. The molecule has 1 aliphatic rings. The number of aromatic nitrogens is 3. The van der Waals surface area contributed by atoms with E-state index in [9.17, 15) is 18.0 Å². The van der Waals surface area contributed by atoms with E-state index in [1.165, 1.54) is 28.8 Å². The van der Waals surface area contributed by atoms with Crippen molar-refractivity contribution in [3.63, 3.8) is 0 Å². The van der Waals surface area contributed by atoms with Gasteiger partial charge in [-0.1, -0.05) is 0 Å². The maximum atomic E-state index is 13.0. The first-order valence-electron chi connectivity index (χ1n) is 9.05. The minimum absolute atomic E-state index is 0.0432. The zero-order chi connectivity index (χ0) is 20.4. The van der Waals surface area contributed by atoms with Crippen molar-refractivity contribution in [3.8, 4) is 17.4 Å². The highest BCUT2D eigenvalue weighted by molar-refractivity contribution is 5.75. The van der Waals surface area contributed by atoms with Crippen molar-refractivity contribution in [2.45, 2.75) is 25.1 Å². The Bertz CT molecular complexity index is 1040. The average molecular weight is 409 g/mol. The molecule has 0 aliphatic carbocycles. The Morgan fingerprint density at radius 1 is 1.17 bits per heavy atom. The number of hydrogen-bond donors (Lipinski definition) is 1. The smallest absolute Gasteiger partial charge is 0.422 e. The first-order chi connectivity index (χ1) is 13.9. The molecule has 0 radical (unpaired) electrons. The van der Waals surface area contributed by atoms with Crippen LogP contribution in [0.2, 0.25) is 0 Å². The molecule has 0 saturated carbocycles. The van der Waals surface area contributed by atoms with E-state index in [1.807, 2.05) is 0 Å². The second-order valence-corrected chi connectivity index (χ2v) is 6.60. The van der Waals surface area contributed by atoms with Crippen molar-refractivity contribution in [2.75, 3.05) is 19.8 Å². The number of hydrogen-bond acceptors (Lipinski definition) is 5. The molecular formula is C19H18F3N3O4. The highest BCUT2D eigenvalue weighted by atomic mass is 19.4. The minimum Gasteiger partial charge on any atom is -0.484 e. The molecule has 3 aromatic rings. The molecule has 0 unspecified atom stereocenters. The van der Waals surface area contributed by atoms with Crippen LogP contribution in [-0.4, -0.2) is 46.6 Å². The number of benzene rings is 1. The lowest BCUT2D eigenvalue weighted by Crippen LogP contribution is -2.30. The first kappa shape index (κ1) is 19.3. The van der Waals surface area contributed by atoms with E-state index >= 15 is 0 Å². The summed E-state index contributed by atoms with van der Waals surface area (Å²) in [6.07, 6.45) is -1.63. The van der Waals surface area contributed by atoms with Gasteiger partial charge in [0.05, 0.1) is 24.3 Å². The summed E-state index contributed by atoms with van der Waals surface area (Å²) in [6.45, 7) is -0.267. The van der Waals surface area contributed by atoms with Crippen LogP contribution < -0.4 is 15.0 Å². The number of fused-ring (bicyclic) bond motifs is 1. The Hall–Kier alpha value is -3.01. The molecule has 3 heterocycles. The van der Waals surface area contributed by atoms with Gasteiger partial charge in [-0.15, -0.1) is 0 Å². The number of alkyl halides is 3. The monoisotopic (exact) mass is 409 g/mol. The van der Waals surface area contributed by atoms with Crippen LogP contribution in [-0.2, 0) is 4.74 Å². The van der Waals surface area contributed by atoms with Gasteiger partial charge in [-0.05, 0) is 30.3 Å². The second kappa shape index (κ2) is 7.78. The summed E-state index contributed by atoms with van der Waals surface area (Å²) in [5.74, 6) is 0.0432. The highest BCUT2D eigenvalue weighted by Crippen LogP contribution is 2.24.